The molecule has 0 atom stereocenters. The Morgan fingerprint density at radius 2 is 1.70 bits per heavy atom. The molecule has 0 fully saturated rings. The first kappa shape index (κ1) is 13.1. The monoisotopic (exact) mass is 310 g/mol. The molecular weight excluding hydrogens is 293 g/mol. The Morgan fingerprint density at radius 3 is 1.70 bits per heavy atom. The summed E-state index contributed by atoms with van der Waals surface area (Å²) in [5.74, 6) is 0. The van der Waals surface area contributed by atoms with Crippen LogP contribution in [-0.4, -0.2) is 19.6 Å². The van der Waals surface area contributed by atoms with Gasteiger partial charge in [0.1, 0.15) is 0 Å². The molecule has 0 spiro atoms. The summed E-state index contributed by atoms with van der Waals surface area (Å²) in [7, 11) is 3.50. The molecule has 0 aromatic rings. The van der Waals surface area contributed by atoms with Gasteiger partial charge >= 0.3 is 57.0 Å². The van der Waals surface area contributed by atoms with E-state index in [-0.39, 0.29) is 5.54 Å². The third-order valence-electron chi connectivity index (χ3n) is 1.14. The first-order valence-electron chi connectivity index (χ1n) is 3.38. The molecule has 0 bridgehead atoms. The van der Waals surface area contributed by atoms with E-state index in [1.807, 2.05) is 0 Å². The summed E-state index contributed by atoms with van der Waals surface area (Å²) in [5.41, 5.74) is 0.258. The second kappa shape index (κ2) is 7.61. The maximum atomic E-state index is 4.25. The molecule has 0 aromatic carbocycles. The van der Waals surface area contributed by atoms with E-state index in [9.17, 15) is 0 Å². The van der Waals surface area contributed by atoms with Crippen LogP contribution in [0.4, 0.5) is 0 Å². The van der Waals surface area contributed by atoms with Gasteiger partial charge in [-0.25, -0.2) is 0 Å². The van der Waals surface area contributed by atoms with Crippen LogP contribution in [0.25, 0.3) is 5.32 Å². The Balaban J connectivity index is 0. The molecule has 0 amide bonds. The summed E-state index contributed by atoms with van der Waals surface area (Å²) in [6, 6.07) is 0. The third kappa shape index (κ3) is 11.3. The number of rotatable bonds is 2. The van der Waals surface area contributed by atoms with Crippen molar-refractivity contribution in [2.24, 2.45) is 3.34 Å². The van der Waals surface area contributed by atoms with Crippen molar-refractivity contribution in [2.75, 3.05) is 14.1 Å². The van der Waals surface area contributed by atoms with Crippen LogP contribution < -0.4 is 0 Å². The molecule has 0 heterocycles. The minimum absolute atomic E-state index is 0.258. The molecule has 61 valence electrons. The minimum Gasteiger partial charge on any atom is -0.668 e. The van der Waals surface area contributed by atoms with Gasteiger partial charge in [-0.15, -0.1) is 0 Å². The van der Waals surface area contributed by atoms with Gasteiger partial charge in [0.25, 0.3) is 0 Å². The third-order valence-corrected chi connectivity index (χ3v) is 3.08. The van der Waals surface area contributed by atoms with E-state index in [1.165, 1.54) is 0 Å². The van der Waals surface area contributed by atoms with E-state index in [2.05, 4.69) is 29.4 Å². The van der Waals surface area contributed by atoms with E-state index in [0.29, 0.717) is 0 Å². The van der Waals surface area contributed by atoms with E-state index in [4.69, 9.17) is 0 Å². The second-order valence-corrected chi connectivity index (χ2v) is 3.43. The molecule has 3 heteroatoms. The fourth-order valence-electron chi connectivity index (χ4n) is 0.0707. The zero-order valence-corrected chi connectivity index (χ0v) is 10.8. The van der Waals surface area contributed by atoms with Crippen LogP contribution >= 0.6 is 0 Å². The van der Waals surface area contributed by atoms with Gasteiger partial charge in [0.05, 0.1) is 0 Å². The van der Waals surface area contributed by atoms with Crippen molar-refractivity contribution in [3.8, 4) is 0 Å². The van der Waals surface area contributed by atoms with Gasteiger partial charge in [0, 0.05) is 0 Å². The Kier molecular flexibility index (Phi) is 9.98. The van der Waals surface area contributed by atoms with Gasteiger partial charge < -0.3 is 5.32 Å². The number of hydrogen-bond donors (Lipinski definition) is 0. The van der Waals surface area contributed by atoms with Gasteiger partial charge in [0.2, 0.25) is 0 Å². The Hall–Kier alpha value is 0.500. The van der Waals surface area contributed by atoms with E-state index < -0.39 is 0 Å². The Morgan fingerprint density at radius 1 is 1.40 bits per heavy atom. The molecule has 0 rings (SSSR count). The molecule has 2 nitrogen and oxygen atoms in total. The zero-order chi connectivity index (χ0) is 8.62. The molecule has 0 aliphatic heterocycles. The van der Waals surface area contributed by atoms with Gasteiger partial charge in [-0.1, -0.05) is 0 Å². The molecule has 0 aromatic heterocycles. The van der Waals surface area contributed by atoms with Crippen molar-refractivity contribution >= 4 is 0 Å². The molecule has 10 heavy (non-hydrogen) atoms. The average molecular weight is 310 g/mol. The summed E-state index contributed by atoms with van der Waals surface area (Å²) in [6.07, 6.45) is 1.16. The molecule has 0 aliphatic rings. The molecular formula is C7H17N2Ta-. The fraction of sp³-hybridized carbons (Fsp3) is 1.00. The fourth-order valence-corrected chi connectivity index (χ4v) is 0.579. The van der Waals surface area contributed by atoms with Crippen LogP contribution in [-0.2, 0) is 20.9 Å². The van der Waals surface area contributed by atoms with Crippen LogP contribution in [0.15, 0.2) is 3.34 Å². The van der Waals surface area contributed by atoms with Crippen molar-refractivity contribution in [1.29, 1.82) is 0 Å². The SMILES string of the molecule is CCC(C)(C)[N]=[Ta].C[N-]C. The summed E-state index contributed by atoms with van der Waals surface area (Å²) < 4.78 is 4.25. The maximum Gasteiger partial charge on any atom is -0.162 e. The molecule has 0 saturated heterocycles. The first-order valence-corrected chi connectivity index (χ1v) is 4.82. The van der Waals surface area contributed by atoms with Crippen molar-refractivity contribution < 1.29 is 20.9 Å². The second-order valence-electron chi connectivity index (χ2n) is 2.71. The van der Waals surface area contributed by atoms with Crippen molar-refractivity contribution in [3.63, 3.8) is 0 Å². The van der Waals surface area contributed by atoms with Crippen molar-refractivity contribution in [3.05, 3.63) is 5.32 Å². The first-order chi connectivity index (χ1) is 4.54. The Labute approximate surface area is 76.6 Å². The molecule has 0 unspecified atom stereocenters. The predicted molar refractivity (Wildman–Crippen MR) is 42.0 cm³/mol. The van der Waals surface area contributed by atoms with Gasteiger partial charge in [-0.05, 0) is 0 Å². The van der Waals surface area contributed by atoms with Crippen molar-refractivity contribution in [2.45, 2.75) is 32.7 Å². The molecule has 0 N–H and O–H groups in total. The smallest absolute Gasteiger partial charge is 0.162 e. The predicted octanol–water partition coefficient (Wildman–Crippen LogP) is 2.53. The van der Waals surface area contributed by atoms with Crippen LogP contribution in [0.3, 0.4) is 0 Å². The van der Waals surface area contributed by atoms with Crippen LogP contribution in [0, 0.1) is 0 Å². The van der Waals surface area contributed by atoms with Gasteiger partial charge in [0.15, 0.2) is 0 Å². The topological polar surface area (TPSA) is 26.5 Å². The quantitative estimate of drug-likeness (QED) is 0.749. The minimum atomic E-state index is 0.258. The maximum absolute atomic E-state index is 4.25. The molecule has 0 aliphatic carbocycles. The van der Waals surface area contributed by atoms with Crippen LogP contribution in [0.5, 0.6) is 0 Å². The Bertz CT molecular complexity index is 81.7. The largest absolute Gasteiger partial charge is 0.668 e. The summed E-state index contributed by atoms with van der Waals surface area (Å²) in [6.45, 7) is 6.48. The number of nitrogens with zero attached hydrogens (tertiary/aromatic N) is 2. The normalized spacial score (nSPS) is 9.60. The summed E-state index contributed by atoms with van der Waals surface area (Å²) in [5, 5.41) is 3.50. The zero-order valence-electron chi connectivity index (χ0n) is 7.55. The van der Waals surface area contributed by atoms with Crippen LogP contribution in [0.2, 0.25) is 0 Å². The molecule has 0 saturated carbocycles. The average Bonchev–Trinajstić information content (AvgIpc) is 1.90. The van der Waals surface area contributed by atoms with E-state index >= 15 is 0 Å². The van der Waals surface area contributed by atoms with Gasteiger partial charge in [-0.3, -0.25) is 0 Å². The van der Waals surface area contributed by atoms with Crippen LogP contribution in [0.1, 0.15) is 27.2 Å². The number of hydrogen-bond acceptors (Lipinski definition) is 1. The molecule has 0 radical (unpaired) electrons. The summed E-state index contributed by atoms with van der Waals surface area (Å²) >= 11 is 1.16. The standard InChI is InChI=1S/C5H11N.C2H6N.Ta/c1-4-5(2,3)6;1-3-2;/h4H2,1-3H3;1-2H3;/q;-1;. The van der Waals surface area contributed by atoms with E-state index in [1.54, 1.807) is 14.1 Å². The van der Waals surface area contributed by atoms with Crippen molar-refractivity contribution in [1.82, 2.24) is 0 Å². The van der Waals surface area contributed by atoms with Gasteiger partial charge in [-0.2, -0.15) is 14.1 Å². The summed E-state index contributed by atoms with van der Waals surface area (Å²) in [4.78, 5) is 0. The van der Waals surface area contributed by atoms with E-state index in [0.717, 1.165) is 27.3 Å².